The van der Waals surface area contributed by atoms with Crippen LogP contribution in [0.3, 0.4) is 0 Å². The predicted molar refractivity (Wildman–Crippen MR) is 137 cm³/mol. The maximum absolute atomic E-state index is 14.0. The molecule has 2 aromatic carbocycles. The lowest BCUT2D eigenvalue weighted by molar-refractivity contribution is -0.138. The topological polar surface area (TPSA) is 81.1 Å². The Balaban J connectivity index is 1.41. The fourth-order valence-corrected chi connectivity index (χ4v) is 6.39. The van der Waals surface area contributed by atoms with Crippen LogP contribution in [0.1, 0.15) is 28.4 Å². The summed E-state index contributed by atoms with van der Waals surface area (Å²) in [5, 5.41) is 0. The van der Waals surface area contributed by atoms with E-state index in [2.05, 4.69) is 0 Å². The molecule has 38 heavy (non-hydrogen) atoms. The molecular weight excluding hydrogens is 516 g/mol. The number of carbonyl (C=O) groups is 1. The van der Waals surface area contributed by atoms with Crippen LogP contribution >= 0.6 is 0 Å². The van der Waals surface area contributed by atoms with Gasteiger partial charge in [-0.15, -0.1) is 0 Å². The van der Waals surface area contributed by atoms with Gasteiger partial charge in [0.25, 0.3) is 0 Å². The van der Waals surface area contributed by atoms with E-state index in [1.165, 1.54) is 24.5 Å². The summed E-state index contributed by atoms with van der Waals surface area (Å²) in [4.78, 5) is 14.9. The average Bonchev–Trinajstić information content (AvgIpc) is 3.35. The molecule has 1 aliphatic rings. The number of benzene rings is 2. The molecule has 1 aliphatic heterocycles. The van der Waals surface area contributed by atoms with E-state index < -0.39 is 27.7 Å². The van der Waals surface area contributed by atoms with Crippen molar-refractivity contribution in [3.63, 3.8) is 0 Å². The summed E-state index contributed by atoms with van der Waals surface area (Å²) in [5.74, 6) is -1.70. The smallest absolute Gasteiger partial charge is 0.249 e. The van der Waals surface area contributed by atoms with Crippen molar-refractivity contribution in [1.29, 1.82) is 0 Å². The number of hydrogen-bond acceptors (Lipinski definition) is 5. The Labute approximate surface area is 221 Å². The third-order valence-electron chi connectivity index (χ3n) is 6.73. The highest BCUT2D eigenvalue weighted by atomic mass is 32.2. The predicted octanol–water partition coefficient (Wildman–Crippen LogP) is 3.66. The molecule has 0 fully saturated rings. The summed E-state index contributed by atoms with van der Waals surface area (Å²) in [6.45, 7) is 4.09. The zero-order valence-corrected chi connectivity index (χ0v) is 22.6. The fraction of sp³-hybridized carbons (Fsp3) is 0.370. The third-order valence-corrected chi connectivity index (χ3v) is 8.89. The normalized spacial score (nSPS) is 15.6. The van der Waals surface area contributed by atoms with Crippen LogP contribution in [0.4, 0.5) is 8.78 Å². The number of fused-ring (bicyclic) bond motifs is 1. The lowest BCUT2D eigenvalue weighted by Gasteiger charge is -2.37. The Hall–Kier alpha value is -3.28. The number of likely N-dealkylation sites (N-methyl/N-ethyl adjacent to an activating group) is 1. The number of methoxy groups -OCH3 is 1. The highest BCUT2D eigenvalue weighted by molar-refractivity contribution is 7.89. The first-order valence-electron chi connectivity index (χ1n) is 12.1. The van der Waals surface area contributed by atoms with E-state index in [0.717, 1.165) is 17.8 Å². The van der Waals surface area contributed by atoms with Gasteiger partial charge in [-0.1, -0.05) is 6.07 Å². The Morgan fingerprint density at radius 3 is 2.45 bits per heavy atom. The van der Waals surface area contributed by atoms with Crippen molar-refractivity contribution in [2.75, 3.05) is 40.5 Å². The zero-order chi connectivity index (χ0) is 27.6. The molecule has 204 valence electrons. The van der Waals surface area contributed by atoms with Gasteiger partial charge in [0.15, 0.2) is 11.6 Å². The second kappa shape index (κ2) is 11.2. The summed E-state index contributed by atoms with van der Waals surface area (Å²) in [5.41, 5.74) is 2.38. The molecule has 3 aromatic rings. The van der Waals surface area contributed by atoms with E-state index >= 15 is 0 Å². The molecule has 0 radical (unpaired) electrons. The number of aryl methyl sites for hydroxylation is 2. The van der Waals surface area contributed by atoms with Crippen LogP contribution in [0.2, 0.25) is 0 Å². The van der Waals surface area contributed by atoms with Gasteiger partial charge in [0.05, 0.1) is 24.7 Å². The van der Waals surface area contributed by atoms with Crippen molar-refractivity contribution < 1.29 is 31.5 Å². The molecule has 1 amide bonds. The first kappa shape index (κ1) is 27.7. The minimum atomic E-state index is -3.79. The van der Waals surface area contributed by atoms with Gasteiger partial charge in [-0.3, -0.25) is 4.79 Å². The van der Waals surface area contributed by atoms with Gasteiger partial charge in [0, 0.05) is 38.6 Å². The van der Waals surface area contributed by atoms with Crippen molar-refractivity contribution in [2.45, 2.75) is 31.3 Å². The highest BCUT2D eigenvalue weighted by Gasteiger charge is 2.33. The molecule has 11 heteroatoms. The van der Waals surface area contributed by atoms with Crippen molar-refractivity contribution >= 4 is 15.9 Å². The van der Waals surface area contributed by atoms with Crippen LogP contribution in [0.5, 0.6) is 5.75 Å². The number of nitrogens with zero attached hydrogens (tertiary/aromatic N) is 3. The number of ether oxygens (including phenoxy) is 2. The first-order valence-corrected chi connectivity index (χ1v) is 13.6. The van der Waals surface area contributed by atoms with Crippen LogP contribution in [0.25, 0.3) is 0 Å². The second-order valence-electron chi connectivity index (χ2n) is 9.26. The van der Waals surface area contributed by atoms with E-state index in [9.17, 15) is 22.0 Å². The summed E-state index contributed by atoms with van der Waals surface area (Å²) in [7, 11) is -0.810. The molecule has 1 atom stereocenters. The molecule has 8 nitrogen and oxygen atoms in total. The van der Waals surface area contributed by atoms with Gasteiger partial charge >= 0.3 is 0 Å². The molecule has 0 N–H and O–H groups in total. The van der Waals surface area contributed by atoms with Gasteiger partial charge in [0.2, 0.25) is 15.9 Å². The molecular formula is C27H31F2N3O5S. The zero-order valence-electron chi connectivity index (χ0n) is 21.8. The molecule has 0 saturated carbocycles. The molecule has 2 heterocycles. The summed E-state index contributed by atoms with van der Waals surface area (Å²) in [6, 6.07) is 10.0. The Morgan fingerprint density at radius 2 is 1.79 bits per heavy atom. The van der Waals surface area contributed by atoms with E-state index in [1.807, 2.05) is 22.9 Å². The Bertz CT molecular complexity index is 1420. The second-order valence-corrected chi connectivity index (χ2v) is 11.2. The molecule has 0 aliphatic carbocycles. The monoisotopic (exact) mass is 547 g/mol. The number of carbonyl (C=O) groups excluding carboxylic acids is 1. The number of sulfonamides is 1. The SMILES string of the molecule is COc1cc(C)c(S(=O)(=O)N(C)CCOCC(=O)N2CCn3cccc3C2c2ccc(F)c(F)c2)c(C)c1. The van der Waals surface area contributed by atoms with Gasteiger partial charge in [-0.25, -0.2) is 17.2 Å². The van der Waals surface area contributed by atoms with Crippen LogP contribution in [-0.2, 0) is 26.1 Å². The van der Waals surface area contributed by atoms with E-state index in [1.54, 1.807) is 30.9 Å². The summed E-state index contributed by atoms with van der Waals surface area (Å²) < 4.78 is 67.9. The third kappa shape index (κ3) is 5.45. The van der Waals surface area contributed by atoms with Gasteiger partial charge in [-0.2, -0.15) is 4.31 Å². The van der Waals surface area contributed by atoms with Gasteiger partial charge in [0.1, 0.15) is 12.4 Å². The number of amides is 1. The van der Waals surface area contributed by atoms with E-state index in [0.29, 0.717) is 35.5 Å². The van der Waals surface area contributed by atoms with E-state index in [-0.39, 0.29) is 30.6 Å². The largest absolute Gasteiger partial charge is 0.497 e. The van der Waals surface area contributed by atoms with Crippen molar-refractivity contribution in [3.05, 3.63) is 82.7 Å². The maximum atomic E-state index is 14.0. The van der Waals surface area contributed by atoms with E-state index in [4.69, 9.17) is 9.47 Å². The lowest BCUT2D eigenvalue weighted by atomic mass is 9.99. The van der Waals surface area contributed by atoms with Crippen LogP contribution in [-0.4, -0.2) is 68.6 Å². The number of rotatable bonds is 9. The summed E-state index contributed by atoms with van der Waals surface area (Å²) >= 11 is 0. The lowest BCUT2D eigenvalue weighted by Crippen LogP contribution is -2.44. The average molecular weight is 548 g/mol. The fourth-order valence-electron chi connectivity index (χ4n) is 4.83. The first-order chi connectivity index (χ1) is 18.0. The quantitative estimate of drug-likeness (QED) is 0.382. The summed E-state index contributed by atoms with van der Waals surface area (Å²) in [6.07, 6.45) is 1.88. The molecule has 1 unspecified atom stereocenters. The molecule has 0 bridgehead atoms. The molecule has 0 spiro atoms. The molecule has 1 aromatic heterocycles. The van der Waals surface area contributed by atoms with Gasteiger partial charge < -0.3 is 18.9 Å². The maximum Gasteiger partial charge on any atom is 0.249 e. The standard InChI is InChI=1S/C27H31F2N3O5S/c1-18-14-21(36-4)15-19(2)27(18)38(34,35)30(3)12-13-37-17-25(33)32-11-10-31-9-5-6-24(31)26(32)20-7-8-22(28)23(29)16-20/h5-9,14-16,26H,10-13,17H2,1-4H3. The minimum Gasteiger partial charge on any atom is -0.497 e. The number of hydrogen-bond donors (Lipinski definition) is 0. The highest BCUT2D eigenvalue weighted by Crippen LogP contribution is 2.33. The molecule has 0 saturated heterocycles. The molecule has 4 rings (SSSR count). The van der Waals surface area contributed by atoms with Gasteiger partial charge in [-0.05, 0) is 66.9 Å². The Morgan fingerprint density at radius 1 is 1.08 bits per heavy atom. The van der Waals surface area contributed by atoms with Crippen LogP contribution in [0, 0.1) is 25.5 Å². The van der Waals surface area contributed by atoms with Crippen molar-refractivity contribution in [3.8, 4) is 5.75 Å². The van der Waals surface area contributed by atoms with Crippen molar-refractivity contribution in [2.24, 2.45) is 0 Å². The minimum absolute atomic E-state index is 0.00419. The van der Waals surface area contributed by atoms with Crippen LogP contribution < -0.4 is 4.74 Å². The van der Waals surface area contributed by atoms with Crippen LogP contribution in [0.15, 0.2) is 53.6 Å². The number of halogens is 2. The Kier molecular flexibility index (Phi) is 8.19. The number of aromatic nitrogens is 1. The van der Waals surface area contributed by atoms with Crippen molar-refractivity contribution in [1.82, 2.24) is 13.8 Å².